The molecule has 1 amide bonds. The van der Waals surface area contributed by atoms with Gasteiger partial charge in [0.1, 0.15) is 5.82 Å². The Morgan fingerprint density at radius 3 is 2.96 bits per heavy atom. The van der Waals surface area contributed by atoms with Crippen molar-refractivity contribution in [3.63, 3.8) is 0 Å². The Morgan fingerprint density at radius 1 is 1.39 bits per heavy atom. The summed E-state index contributed by atoms with van der Waals surface area (Å²) in [6.45, 7) is 4.37. The number of hydrogen-bond donors (Lipinski definition) is 2. The number of benzene rings is 1. The predicted molar refractivity (Wildman–Crippen MR) is 92.0 cm³/mol. The molecule has 1 aromatic carbocycles. The molecule has 0 aliphatic heterocycles. The van der Waals surface area contributed by atoms with Gasteiger partial charge in [-0.2, -0.15) is 0 Å². The molecule has 0 bridgehead atoms. The van der Waals surface area contributed by atoms with Crippen molar-refractivity contribution in [3.05, 3.63) is 44.8 Å². The Morgan fingerprint density at radius 2 is 2.22 bits per heavy atom. The molecule has 7 heteroatoms. The first-order chi connectivity index (χ1) is 11.0. The van der Waals surface area contributed by atoms with Gasteiger partial charge >= 0.3 is 4.87 Å². The van der Waals surface area contributed by atoms with E-state index >= 15 is 0 Å². The van der Waals surface area contributed by atoms with Gasteiger partial charge in [-0.15, -0.1) is 0 Å². The molecule has 0 saturated heterocycles. The van der Waals surface area contributed by atoms with Gasteiger partial charge in [0.25, 0.3) is 0 Å². The molecule has 0 aliphatic rings. The molecule has 3 aromatic rings. The average Bonchev–Trinajstić information content (AvgIpc) is 3.02. The van der Waals surface area contributed by atoms with Crippen LogP contribution in [0.3, 0.4) is 0 Å². The van der Waals surface area contributed by atoms with Crippen LogP contribution in [0.1, 0.15) is 24.4 Å². The maximum absolute atomic E-state index is 12.0. The van der Waals surface area contributed by atoms with E-state index in [1.54, 1.807) is 4.57 Å². The van der Waals surface area contributed by atoms with Crippen molar-refractivity contribution in [2.45, 2.75) is 33.2 Å². The van der Waals surface area contributed by atoms with E-state index in [0.717, 1.165) is 28.2 Å². The minimum Gasteiger partial charge on any atom is -0.342 e. The van der Waals surface area contributed by atoms with Gasteiger partial charge in [0.15, 0.2) is 0 Å². The van der Waals surface area contributed by atoms with Crippen molar-refractivity contribution < 1.29 is 4.79 Å². The number of thiazole rings is 1. The largest absolute Gasteiger partial charge is 0.342 e. The lowest BCUT2D eigenvalue weighted by Crippen LogP contribution is -2.17. The van der Waals surface area contributed by atoms with Gasteiger partial charge in [0.05, 0.1) is 11.0 Å². The van der Waals surface area contributed by atoms with Crippen LogP contribution in [0.5, 0.6) is 0 Å². The fourth-order valence-electron chi connectivity index (χ4n) is 2.51. The highest BCUT2D eigenvalue weighted by Crippen LogP contribution is 2.17. The van der Waals surface area contributed by atoms with Crippen LogP contribution in [0, 0.1) is 13.8 Å². The number of amides is 1. The molecule has 2 heterocycles. The zero-order valence-electron chi connectivity index (χ0n) is 13.0. The number of nitrogens with zero attached hydrogens (tertiary/aromatic N) is 2. The Kier molecular flexibility index (Phi) is 4.29. The standard InChI is InChI=1S/C16H18N4O2S/c1-10-9-23-16(22)20(10)7-3-4-15(21)19-12-5-6-13-14(8-12)18-11(2)17-13/h5-6,8-9H,3-4,7H2,1-2H3,(H,17,18)(H,19,21). The Labute approximate surface area is 137 Å². The van der Waals surface area contributed by atoms with Gasteiger partial charge in [-0.1, -0.05) is 11.3 Å². The van der Waals surface area contributed by atoms with Crippen LogP contribution in [0.2, 0.25) is 0 Å². The van der Waals surface area contributed by atoms with Gasteiger partial charge in [0.2, 0.25) is 5.91 Å². The molecule has 0 spiro atoms. The van der Waals surface area contributed by atoms with E-state index in [4.69, 9.17) is 0 Å². The fourth-order valence-corrected chi connectivity index (χ4v) is 3.27. The summed E-state index contributed by atoms with van der Waals surface area (Å²) < 4.78 is 1.71. The number of aryl methyl sites for hydroxylation is 2. The van der Waals surface area contributed by atoms with E-state index in [9.17, 15) is 9.59 Å². The first kappa shape index (κ1) is 15.5. The highest BCUT2D eigenvalue weighted by molar-refractivity contribution is 7.07. The third-order valence-electron chi connectivity index (χ3n) is 3.65. The number of H-pyrrole nitrogens is 1. The van der Waals surface area contributed by atoms with E-state index in [0.29, 0.717) is 19.4 Å². The quantitative estimate of drug-likeness (QED) is 0.755. The highest BCUT2D eigenvalue weighted by atomic mass is 32.1. The van der Waals surface area contributed by atoms with Crippen molar-refractivity contribution in [1.29, 1.82) is 0 Å². The SMILES string of the molecule is Cc1nc2ccc(NC(=O)CCCn3c(C)csc3=O)cc2[nH]1. The van der Waals surface area contributed by atoms with E-state index < -0.39 is 0 Å². The predicted octanol–water partition coefficient (Wildman–Crippen LogP) is 2.82. The number of fused-ring (bicyclic) bond motifs is 1. The summed E-state index contributed by atoms with van der Waals surface area (Å²) in [5.74, 6) is 0.793. The first-order valence-corrected chi connectivity index (χ1v) is 8.32. The summed E-state index contributed by atoms with van der Waals surface area (Å²) in [7, 11) is 0. The highest BCUT2D eigenvalue weighted by Gasteiger charge is 2.07. The van der Waals surface area contributed by atoms with Crippen LogP contribution < -0.4 is 10.2 Å². The van der Waals surface area contributed by atoms with Gasteiger partial charge in [-0.3, -0.25) is 9.59 Å². The minimum atomic E-state index is -0.0541. The molecule has 2 N–H and O–H groups in total. The normalized spacial score (nSPS) is 11.0. The number of aromatic amines is 1. The number of anilines is 1. The summed E-state index contributed by atoms with van der Waals surface area (Å²) in [5.41, 5.74) is 3.48. The molecule has 6 nitrogen and oxygen atoms in total. The number of carbonyl (C=O) groups excluding carboxylic acids is 1. The second kappa shape index (κ2) is 6.37. The molecule has 120 valence electrons. The van der Waals surface area contributed by atoms with Crippen LogP contribution in [0.25, 0.3) is 11.0 Å². The first-order valence-electron chi connectivity index (χ1n) is 7.44. The smallest absolute Gasteiger partial charge is 0.307 e. The molecule has 0 fully saturated rings. The molecule has 2 aromatic heterocycles. The topological polar surface area (TPSA) is 79.8 Å². The zero-order chi connectivity index (χ0) is 16.4. The number of rotatable bonds is 5. The van der Waals surface area contributed by atoms with Crippen LogP contribution in [0.4, 0.5) is 5.69 Å². The van der Waals surface area contributed by atoms with Crippen molar-refractivity contribution in [2.75, 3.05) is 5.32 Å². The molecule has 0 unspecified atom stereocenters. The van der Waals surface area contributed by atoms with Gasteiger partial charge in [-0.25, -0.2) is 4.98 Å². The maximum Gasteiger partial charge on any atom is 0.307 e. The maximum atomic E-state index is 12.0. The van der Waals surface area contributed by atoms with Gasteiger partial charge in [0, 0.05) is 29.7 Å². The molecular weight excluding hydrogens is 312 g/mol. The molecule has 0 atom stereocenters. The summed E-state index contributed by atoms with van der Waals surface area (Å²) >= 11 is 1.19. The Bertz CT molecular complexity index is 906. The number of carbonyl (C=O) groups is 1. The monoisotopic (exact) mass is 330 g/mol. The lowest BCUT2D eigenvalue weighted by atomic mass is 10.2. The molecule has 23 heavy (non-hydrogen) atoms. The third-order valence-corrected chi connectivity index (χ3v) is 4.53. The third kappa shape index (κ3) is 3.50. The van der Waals surface area contributed by atoms with E-state index in [1.165, 1.54) is 11.3 Å². The number of hydrogen-bond acceptors (Lipinski definition) is 4. The average molecular weight is 330 g/mol. The van der Waals surface area contributed by atoms with Crippen molar-refractivity contribution in [3.8, 4) is 0 Å². The molecule has 0 aliphatic carbocycles. The van der Waals surface area contributed by atoms with Crippen molar-refractivity contribution in [2.24, 2.45) is 0 Å². The molecule has 0 radical (unpaired) electrons. The second-order valence-electron chi connectivity index (χ2n) is 5.50. The summed E-state index contributed by atoms with van der Waals surface area (Å²) in [6.07, 6.45) is 1.01. The van der Waals surface area contributed by atoms with Crippen LogP contribution in [-0.2, 0) is 11.3 Å². The van der Waals surface area contributed by atoms with E-state index in [2.05, 4.69) is 15.3 Å². The Hall–Kier alpha value is -2.41. The second-order valence-corrected chi connectivity index (χ2v) is 6.32. The van der Waals surface area contributed by atoms with Crippen LogP contribution in [-0.4, -0.2) is 20.4 Å². The minimum absolute atomic E-state index is 0.0305. The summed E-state index contributed by atoms with van der Waals surface area (Å²) in [6, 6.07) is 5.59. The van der Waals surface area contributed by atoms with Crippen molar-refractivity contribution in [1.82, 2.24) is 14.5 Å². The summed E-state index contributed by atoms with van der Waals surface area (Å²) in [5, 5.41) is 4.72. The van der Waals surface area contributed by atoms with Gasteiger partial charge in [-0.05, 0) is 38.5 Å². The lowest BCUT2D eigenvalue weighted by molar-refractivity contribution is -0.116. The molecule has 0 saturated carbocycles. The zero-order valence-corrected chi connectivity index (χ0v) is 13.9. The summed E-state index contributed by atoms with van der Waals surface area (Å²) in [4.78, 5) is 31.1. The molecular formula is C16H18N4O2S. The van der Waals surface area contributed by atoms with E-state index in [-0.39, 0.29) is 10.8 Å². The molecule has 3 rings (SSSR count). The van der Waals surface area contributed by atoms with Crippen molar-refractivity contribution >= 4 is 34.0 Å². The number of nitrogens with one attached hydrogen (secondary N) is 2. The Balaban J connectivity index is 1.57. The number of aromatic nitrogens is 3. The van der Waals surface area contributed by atoms with Gasteiger partial charge < -0.3 is 14.9 Å². The van der Waals surface area contributed by atoms with Crippen LogP contribution in [0.15, 0.2) is 28.4 Å². The van der Waals surface area contributed by atoms with Crippen LogP contribution >= 0.6 is 11.3 Å². The fraction of sp³-hybridized carbons (Fsp3) is 0.312. The van der Waals surface area contributed by atoms with E-state index in [1.807, 2.05) is 37.4 Å². The number of imidazole rings is 1. The lowest BCUT2D eigenvalue weighted by Gasteiger charge is -2.06.